The standard InChI is InChI=1S/C35H33ClN6O2/c1-4-44-33-19-31-28(18-32(33)41-34(43)13-8-16-42(2)3)35(25(20-37)22-39-31)40-26-14-15-30(29(36)17-26)38-21-24-11-7-10-23-9-5-6-12-27(23)24/h5-15,17-19,22,38H,4,16,21H2,1-3H3,(H,39,40)(H,41,43). The van der Waals surface area contributed by atoms with Crippen LogP contribution in [0.25, 0.3) is 21.7 Å². The lowest BCUT2D eigenvalue weighted by molar-refractivity contribution is -0.111. The van der Waals surface area contributed by atoms with Gasteiger partial charge in [-0.1, -0.05) is 60.1 Å². The molecule has 3 N–H and O–H groups in total. The van der Waals surface area contributed by atoms with Crippen molar-refractivity contribution in [1.29, 1.82) is 5.26 Å². The topological polar surface area (TPSA) is 102 Å². The number of nitrogens with zero attached hydrogens (tertiary/aromatic N) is 3. The molecule has 0 unspecified atom stereocenters. The van der Waals surface area contributed by atoms with Gasteiger partial charge in [-0.3, -0.25) is 9.78 Å². The lowest BCUT2D eigenvalue weighted by Crippen LogP contribution is -2.13. The number of fused-ring (bicyclic) bond motifs is 2. The number of hydrogen-bond donors (Lipinski definition) is 3. The van der Waals surface area contributed by atoms with Crippen molar-refractivity contribution in [3.8, 4) is 11.8 Å². The van der Waals surface area contributed by atoms with E-state index >= 15 is 0 Å². The maximum Gasteiger partial charge on any atom is 0.248 e. The molecule has 0 spiro atoms. The second-order valence-electron chi connectivity index (χ2n) is 10.4. The predicted molar refractivity (Wildman–Crippen MR) is 180 cm³/mol. The van der Waals surface area contributed by atoms with Crippen LogP contribution in [0.4, 0.5) is 22.7 Å². The summed E-state index contributed by atoms with van der Waals surface area (Å²) in [6.07, 6.45) is 4.79. The van der Waals surface area contributed by atoms with E-state index in [-0.39, 0.29) is 5.91 Å². The Morgan fingerprint density at radius 2 is 1.86 bits per heavy atom. The fraction of sp³-hybridized carbons (Fsp3) is 0.171. The third kappa shape index (κ3) is 7.09. The van der Waals surface area contributed by atoms with E-state index in [1.807, 2.05) is 56.3 Å². The van der Waals surface area contributed by atoms with Crippen molar-refractivity contribution in [2.24, 2.45) is 0 Å². The Kier molecular flexibility index (Phi) is 9.60. The number of amides is 1. The van der Waals surface area contributed by atoms with Gasteiger partial charge in [0.2, 0.25) is 5.91 Å². The zero-order chi connectivity index (χ0) is 31.1. The summed E-state index contributed by atoms with van der Waals surface area (Å²) in [7, 11) is 3.85. The molecule has 1 heterocycles. The van der Waals surface area contributed by atoms with Crippen LogP contribution in [0.5, 0.6) is 5.75 Å². The molecule has 0 fully saturated rings. The molecule has 0 bridgehead atoms. The molecule has 222 valence electrons. The Hall–Kier alpha value is -5.10. The molecular formula is C35H33ClN6O2. The van der Waals surface area contributed by atoms with Gasteiger partial charge in [0.05, 0.1) is 39.8 Å². The van der Waals surface area contributed by atoms with Crippen molar-refractivity contribution in [2.45, 2.75) is 13.5 Å². The van der Waals surface area contributed by atoms with E-state index in [1.54, 1.807) is 18.2 Å². The molecule has 5 aromatic rings. The van der Waals surface area contributed by atoms with Crippen LogP contribution in [0.2, 0.25) is 5.02 Å². The number of carbonyl (C=O) groups is 1. The van der Waals surface area contributed by atoms with E-state index in [1.165, 1.54) is 28.6 Å². The minimum Gasteiger partial charge on any atom is -0.492 e. The molecule has 0 saturated heterocycles. The summed E-state index contributed by atoms with van der Waals surface area (Å²) in [5, 5.41) is 23.2. The van der Waals surface area contributed by atoms with E-state index in [0.29, 0.717) is 64.0 Å². The number of nitriles is 1. The van der Waals surface area contributed by atoms with Gasteiger partial charge in [0.15, 0.2) is 0 Å². The number of hydrogen-bond acceptors (Lipinski definition) is 7. The first-order chi connectivity index (χ1) is 21.4. The zero-order valence-electron chi connectivity index (χ0n) is 24.8. The normalized spacial score (nSPS) is 11.2. The molecule has 0 saturated carbocycles. The van der Waals surface area contributed by atoms with E-state index in [0.717, 1.165) is 5.69 Å². The fourth-order valence-electron chi connectivity index (χ4n) is 4.87. The molecule has 0 aliphatic carbocycles. The van der Waals surface area contributed by atoms with Crippen LogP contribution in [-0.2, 0) is 11.3 Å². The van der Waals surface area contributed by atoms with Crippen molar-refractivity contribution >= 4 is 61.9 Å². The fourth-order valence-corrected chi connectivity index (χ4v) is 5.12. The van der Waals surface area contributed by atoms with Gasteiger partial charge < -0.3 is 25.6 Å². The summed E-state index contributed by atoms with van der Waals surface area (Å²) in [6, 6.07) is 25.9. The van der Waals surface area contributed by atoms with E-state index in [2.05, 4.69) is 57.3 Å². The maximum atomic E-state index is 12.7. The van der Waals surface area contributed by atoms with Crippen LogP contribution in [0.3, 0.4) is 0 Å². The number of aromatic nitrogens is 1. The second kappa shape index (κ2) is 13.9. The highest BCUT2D eigenvalue weighted by atomic mass is 35.5. The number of carbonyl (C=O) groups excluding carboxylic acids is 1. The zero-order valence-corrected chi connectivity index (χ0v) is 25.6. The number of ether oxygens (including phenoxy) is 1. The average molecular weight is 605 g/mol. The highest BCUT2D eigenvalue weighted by Crippen LogP contribution is 2.37. The van der Waals surface area contributed by atoms with Gasteiger partial charge in [-0.25, -0.2) is 0 Å². The maximum absolute atomic E-state index is 12.7. The van der Waals surface area contributed by atoms with Gasteiger partial charge in [0.1, 0.15) is 11.8 Å². The molecule has 0 radical (unpaired) electrons. The molecule has 8 nitrogen and oxygen atoms in total. The number of pyridine rings is 1. The van der Waals surface area contributed by atoms with Crippen LogP contribution in [0.1, 0.15) is 18.1 Å². The first-order valence-corrected chi connectivity index (χ1v) is 14.6. The summed E-state index contributed by atoms with van der Waals surface area (Å²) in [4.78, 5) is 19.1. The smallest absolute Gasteiger partial charge is 0.248 e. The van der Waals surface area contributed by atoms with Crippen molar-refractivity contribution < 1.29 is 9.53 Å². The van der Waals surface area contributed by atoms with Crippen molar-refractivity contribution in [3.63, 3.8) is 0 Å². The summed E-state index contributed by atoms with van der Waals surface area (Å²) < 4.78 is 5.81. The van der Waals surface area contributed by atoms with Crippen LogP contribution in [0.15, 0.2) is 91.1 Å². The van der Waals surface area contributed by atoms with Gasteiger partial charge >= 0.3 is 0 Å². The number of benzene rings is 4. The van der Waals surface area contributed by atoms with E-state index < -0.39 is 0 Å². The van der Waals surface area contributed by atoms with Crippen molar-refractivity contribution in [1.82, 2.24) is 9.88 Å². The summed E-state index contributed by atoms with van der Waals surface area (Å²) in [5.41, 5.74) is 4.64. The van der Waals surface area contributed by atoms with Gasteiger partial charge in [0.25, 0.3) is 0 Å². The molecule has 4 aromatic carbocycles. The van der Waals surface area contributed by atoms with Crippen molar-refractivity contribution in [3.05, 3.63) is 107 Å². The van der Waals surface area contributed by atoms with Gasteiger partial charge in [-0.2, -0.15) is 5.26 Å². The highest BCUT2D eigenvalue weighted by molar-refractivity contribution is 6.33. The second-order valence-corrected chi connectivity index (χ2v) is 10.8. The highest BCUT2D eigenvalue weighted by Gasteiger charge is 2.16. The Morgan fingerprint density at radius 3 is 2.64 bits per heavy atom. The average Bonchev–Trinajstić information content (AvgIpc) is 3.01. The van der Waals surface area contributed by atoms with Crippen LogP contribution in [0, 0.1) is 11.3 Å². The molecule has 1 aromatic heterocycles. The molecule has 0 aliphatic heterocycles. The number of nitrogens with one attached hydrogen (secondary N) is 3. The lowest BCUT2D eigenvalue weighted by atomic mass is 10.0. The summed E-state index contributed by atoms with van der Waals surface area (Å²) in [5.74, 6) is 0.201. The molecule has 0 aliphatic rings. The Bertz CT molecular complexity index is 1890. The molecular weight excluding hydrogens is 572 g/mol. The lowest BCUT2D eigenvalue weighted by Gasteiger charge is -2.17. The largest absolute Gasteiger partial charge is 0.492 e. The summed E-state index contributed by atoms with van der Waals surface area (Å²) >= 11 is 6.72. The van der Waals surface area contributed by atoms with Crippen LogP contribution in [-0.4, -0.2) is 43.0 Å². The molecule has 0 atom stereocenters. The van der Waals surface area contributed by atoms with Gasteiger partial charge in [0, 0.05) is 42.5 Å². The van der Waals surface area contributed by atoms with Crippen LogP contribution >= 0.6 is 11.6 Å². The Balaban J connectivity index is 1.42. The Labute approximate surface area is 261 Å². The number of anilines is 4. The third-order valence-electron chi connectivity index (χ3n) is 6.97. The Morgan fingerprint density at radius 1 is 1.05 bits per heavy atom. The van der Waals surface area contributed by atoms with E-state index in [9.17, 15) is 10.1 Å². The third-order valence-corrected chi connectivity index (χ3v) is 7.29. The first kappa shape index (κ1) is 30.4. The first-order valence-electron chi connectivity index (χ1n) is 14.2. The quantitative estimate of drug-likeness (QED) is 0.133. The van der Waals surface area contributed by atoms with Gasteiger partial charge in [-0.15, -0.1) is 0 Å². The van der Waals surface area contributed by atoms with Crippen LogP contribution < -0.4 is 20.7 Å². The predicted octanol–water partition coefficient (Wildman–Crippen LogP) is 7.72. The summed E-state index contributed by atoms with van der Waals surface area (Å²) in [6.45, 7) is 3.53. The van der Waals surface area contributed by atoms with E-state index in [4.69, 9.17) is 16.3 Å². The number of halogens is 1. The molecule has 1 amide bonds. The molecule has 9 heteroatoms. The monoisotopic (exact) mass is 604 g/mol. The molecule has 44 heavy (non-hydrogen) atoms. The number of likely N-dealkylation sites (N-methyl/N-ethyl adjacent to an activating group) is 1. The minimum atomic E-state index is -0.288. The minimum absolute atomic E-state index is 0.288. The van der Waals surface area contributed by atoms with Gasteiger partial charge in [-0.05, 0) is 61.6 Å². The molecule has 5 rings (SSSR count). The SMILES string of the molecule is CCOc1cc2ncc(C#N)c(Nc3ccc(NCc4cccc5ccccc45)c(Cl)c3)c2cc1NC(=O)C=CCN(C)C. The number of rotatable bonds is 11. The van der Waals surface area contributed by atoms with Crippen molar-refractivity contribution in [2.75, 3.05) is 43.2 Å².